The lowest BCUT2D eigenvalue weighted by Crippen LogP contribution is -2.46. The quantitative estimate of drug-likeness (QED) is 0.592. The molecule has 1 fully saturated rings. The number of nitrogens with zero attached hydrogens (tertiary/aromatic N) is 2. The Morgan fingerprint density at radius 2 is 1.53 bits per heavy atom. The van der Waals surface area contributed by atoms with Gasteiger partial charge in [-0.15, -0.1) is 0 Å². The molecule has 32 heavy (non-hydrogen) atoms. The van der Waals surface area contributed by atoms with Gasteiger partial charge >= 0.3 is 0 Å². The predicted octanol–water partition coefficient (Wildman–Crippen LogP) is 4.64. The summed E-state index contributed by atoms with van der Waals surface area (Å²) in [6.45, 7) is 7.14. The second-order valence-corrected chi connectivity index (χ2v) is 8.21. The molecule has 5 heteroatoms. The topological polar surface area (TPSA) is 35.6 Å². The SMILES string of the molecule is CCc1ccccc1C(=O)NCc1ccccc1N1CCN(Cc2ccc(F)cc2)CC1. The molecule has 0 atom stereocenters. The van der Waals surface area contributed by atoms with Crippen molar-refractivity contribution in [1.82, 2.24) is 10.2 Å². The fourth-order valence-electron chi connectivity index (χ4n) is 4.28. The molecular weight excluding hydrogens is 401 g/mol. The van der Waals surface area contributed by atoms with Crippen LogP contribution in [0, 0.1) is 5.82 Å². The van der Waals surface area contributed by atoms with Gasteiger partial charge in [0.05, 0.1) is 0 Å². The van der Waals surface area contributed by atoms with E-state index in [1.165, 1.54) is 17.8 Å². The highest BCUT2D eigenvalue weighted by Crippen LogP contribution is 2.23. The molecule has 4 rings (SSSR count). The van der Waals surface area contributed by atoms with Crippen LogP contribution in [0.15, 0.2) is 72.8 Å². The maximum Gasteiger partial charge on any atom is 0.251 e. The first-order chi connectivity index (χ1) is 15.6. The van der Waals surface area contributed by atoms with Crippen LogP contribution in [0.4, 0.5) is 10.1 Å². The average molecular weight is 432 g/mol. The Hall–Kier alpha value is -3.18. The lowest BCUT2D eigenvalue weighted by atomic mass is 10.0. The molecular formula is C27H30FN3O. The van der Waals surface area contributed by atoms with Gasteiger partial charge in [-0.3, -0.25) is 9.69 Å². The monoisotopic (exact) mass is 431 g/mol. The second-order valence-electron chi connectivity index (χ2n) is 8.21. The van der Waals surface area contributed by atoms with Crippen LogP contribution in [0.2, 0.25) is 0 Å². The summed E-state index contributed by atoms with van der Waals surface area (Å²) >= 11 is 0. The van der Waals surface area contributed by atoms with Crippen molar-refractivity contribution in [3.8, 4) is 0 Å². The minimum atomic E-state index is -0.194. The number of hydrogen-bond acceptors (Lipinski definition) is 3. The number of amides is 1. The molecule has 1 saturated heterocycles. The molecule has 1 N–H and O–H groups in total. The zero-order valence-corrected chi connectivity index (χ0v) is 18.6. The van der Waals surface area contributed by atoms with Gasteiger partial charge in [0.2, 0.25) is 0 Å². The lowest BCUT2D eigenvalue weighted by molar-refractivity contribution is 0.0950. The highest BCUT2D eigenvalue weighted by atomic mass is 19.1. The summed E-state index contributed by atoms with van der Waals surface area (Å²) in [4.78, 5) is 17.6. The van der Waals surface area contributed by atoms with Gasteiger partial charge in [-0.1, -0.05) is 55.5 Å². The third-order valence-electron chi connectivity index (χ3n) is 6.11. The molecule has 0 radical (unpaired) electrons. The van der Waals surface area contributed by atoms with Gasteiger partial charge in [0.1, 0.15) is 5.82 Å². The van der Waals surface area contributed by atoms with E-state index in [9.17, 15) is 9.18 Å². The van der Waals surface area contributed by atoms with E-state index in [4.69, 9.17) is 0 Å². The third-order valence-corrected chi connectivity index (χ3v) is 6.11. The maximum atomic E-state index is 13.1. The minimum absolute atomic E-state index is 0.0265. The van der Waals surface area contributed by atoms with E-state index in [0.29, 0.717) is 6.54 Å². The van der Waals surface area contributed by atoms with Crippen molar-refractivity contribution < 1.29 is 9.18 Å². The van der Waals surface area contributed by atoms with E-state index in [1.807, 2.05) is 42.5 Å². The number of piperazine rings is 1. The summed E-state index contributed by atoms with van der Waals surface area (Å²) in [5, 5.41) is 3.11. The van der Waals surface area contributed by atoms with Crippen molar-refractivity contribution in [3.05, 3.63) is 101 Å². The molecule has 1 aliphatic rings. The molecule has 1 aliphatic heterocycles. The van der Waals surface area contributed by atoms with Crippen molar-refractivity contribution >= 4 is 11.6 Å². The van der Waals surface area contributed by atoms with Gasteiger partial charge in [0, 0.05) is 50.5 Å². The molecule has 0 bridgehead atoms. The fourth-order valence-corrected chi connectivity index (χ4v) is 4.28. The number of benzene rings is 3. The Kier molecular flexibility index (Phi) is 7.17. The van der Waals surface area contributed by atoms with Gasteiger partial charge in [-0.2, -0.15) is 0 Å². The van der Waals surface area contributed by atoms with E-state index in [2.05, 4.69) is 40.2 Å². The molecule has 166 valence electrons. The molecule has 0 aromatic heterocycles. The smallest absolute Gasteiger partial charge is 0.251 e. The van der Waals surface area contributed by atoms with Crippen molar-refractivity contribution in [2.45, 2.75) is 26.4 Å². The lowest BCUT2D eigenvalue weighted by Gasteiger charge is -2.37. The van der Waals surface area contributed by atoms with Crippen LogP contribution in [0.25, 0.3) is 0 Å². The molecule has 0 spiro atoms. The van der Waals surface area contributed by atoms with Crippen LogP contribution in [0.3, 0.4) is 0 Å². The van der Waals surface area contributed by atoms with Crippen LogP contribution >= 0.6 is 0 Å². The maximum absolute atomic E-state index is 13.1. The summed E-state index contributed by atoms with van der Waals surface area (Å²) in [5.41, 5.74) is 5.26. The molecule has 4 nitrogen and oxygen atoms in total. The Morgan fingerprint density at radius 1 is 0.875 bits per heavy atom. The van der Waals surface area contributed by atoms with Crippen LogP contribution in [-0.2, 0) is 19.5 Å². The van der Waals surface area contributed by atoms with Crippen molar-refractivity contribution in [2.24, 2.45) is 0 Å². The average Bonchev–Trinajstić information content (AvgIpc) is 2.84. The number of halogens is 1. The molecule has 1 heterocycles. The number of para-hydroxylation sites is 1. The highest BCUT2D eigenvalue weighted by molar-refractivity contribution is 5.95. The Bertz CT molecular complexity index is 1040. The van der Waals surface area contributed by atoms with Crippen LogP contribution in [-0.4, -0.2) is 37.0 Å². The van der Waals surface area contributed by atoms with Crippen LogP contribution < -0.4 is 10.2 Å². The zero-order chi connectivity index (χ0) is 22.3. The summed E-state index contributed by atoms with van der Waals surface area (Å²) in [5.74, 6) is -0.221. The zero-order valence-electron chi connectivity index (χ0n) is 18.6. The molecule has 0 saturated carbocycles. The molecule has 1 amide bonds. The third kappa shape index (κ3) is 5.35. The molecule has 0 unspecified atom stereocenters. The first-order valence-electron chi connectivity index (χ1n) is 11.3. The fraction of sp³-hybridized carbons (Fsp3) is 0.296. The summed E-state index contributed by atoms with van der Waals surface area (Å²) in [6, 6.07) is 22.8. The predicted molar refractivity (Wildman–Crippen MR) is 127 cm³/mol. The van der Waals surface area contributed by atoms with E-state index < -0.39 is 0 Å². The number of anilines is 1. The molecule has 3 aromatic carbocycles. The van der Waals surface area contributed by atoms with Gasteiger partial charge < -0.3 is 10.2 Å². The standard InChI is InChI=1S/C27H30FN3O/c1-2-22-7-3-5-9-25(22)27(32)29-19-23-8-4-6-10-26(23)31-17-15-30(16-18-31)20-21-11-13-24(28)14-12-21/h3-14H,2,15-20H2,1H3,(H,29,32). The van der Waals surface area contributed by atoms with Gasteiger partial charge in [-0.05, 0) is 47.4 Å². The van der Waals surface area contributed by atoms with E-state index in [-0.39, 0.29) is 11.7 Å². The van der Waals surface area contributed by atoms with Gasteiger partial charge in [0.15, 0.2) is 0 Å². The number of carbonyl (C=O) groups excluding carboxylic acids is 1. The Morgan fingerprint density at radius 3 is 2.25 bits per heavy atom. The van der Waals surface area contributed by atoms with Gasteiger partial charge in [-0.25, -0.2) is 4.39 Å². The van der Waals surface area contributed by atoms with E-state index in [1.54, 1.807) is 0 Å². The van der Waals surface area contributed by atoms with Crippen molar-refractivity contribution in [2.75, 3.05) is 31.1 Å². The summed E-state index contributed by atoms with van der Waals surface area (Å²) < 4.78 is 13.1. The normalized spacial score (nSPS) is 14.4. The largest absolute Gasteiger partial charge is 0.369 e. The van der Waals surface area contributed by atoms with Crippen LogP contribution in [0.5, 0.6) is 0 Å². The second kappa shape index (κ2) is 10.4. The van der Waals surface area contributed by atoms with E-state index in [0.717, 1.165) is 61.4 Å². The summed E-state index contributed by atoms with van der Waals surface area (Å²) in [7, 11) is 0. The number of carbonyl (C=O) groups is 1. The number of rotatable bonds is 7. The Balaban J connectivity index is 1.36. The number of nitrogens with one attached hydrogen (secondary N) is 1. The summed E-state index contributed by atoms with van der Waals surface area (Å²) in [6.07, 6.45) is 0.836. The molecule has 0 aliphatic carbocycles. The minimum Gasteiger partial charge on any atom is -0.369 e. The van der Waals surface area contributed by atoms with Gasteiger partial charge in [0.25, 0.3) is 5.91 Å². The first-order valence-corrected chi connectivity index (χ1v) is 11.3. The van der Waals surface area contributed by atoms with E-state index >= 15 is 0 Å². The van der Waals surface area contributed by atoms with Crippen molar-refractivity contribution in [3.63, 3.8) is 0 Å². The van der Waals surface area contributed by atoms with Crippen LogP contribution in [0.1, 0.15) is 34.0 Å². The number of aryl methyl sites for hydroxylation is 1. The molecule has 3 aromatic rings. The number of hydrogen-bond donors (Lipinski definition) is 1. The first kappa shape index (κ1) is 22.0. The highest BCUT2D eigenvalue weighted by Gasteiger charge is 2.19. The Labute approximate surface area is 189 Å². The van der Waals surface area contributed by atoms with Crippen molar-refractivity contribution in [1.29, 1.82) is 0 Å².